The number of aromatic nitrogens is 1. The zero-order chi connectivity index (χ0) is 15.6. The van der Waals surface area contributed by atoms with Crippen LogP contribution in [0.2, 0.25) is 0 Å². The first-order valence-electron chi connectivity index (χ1n) is 7.47. The predicted molar refractivity (Wildman–Crippen MR) is 81.8 cm³/mol. The molecule has 0 saturated heterocycles. The molecular weight excluding hydrogens is 268 g/mol. The monoisotopic (exact) mass is 292 g/mol. The standard InChI is InChI=1S/C16H24N2O3/c1-6-20-15(19)14-10(3)13-11(17-14)8-16(4,5)9-12(13)18-21-7-2/h17H,6-9H2,1-5H3/b18-12+. The number of esters is 1. The van der Waals surface area contributed by atoms with Crippen LogP contribution in [-0.2, 0) is 16.0 Å². The molecule has 0 aliphatic heterocycles. The number of hydrogen-bond donors (Lipinski definition) is 1. The van der Waals surface area contributed by atoms with E-state index in [1.165, 1.54) is 0 Å². The van der Waals surface area contributed by atoms with Gasteiger partial charge in [-0.15, -0.1) is 0 Å². The topological polar surface area (TPSA) is 63.7 Å². The molecule has 0 bridgehead atoms. The maximum absolute atomic E-state index is 12.0. The summed E-state index contributed by atoms with van der Waals surface area (Å²) in [5.41, 5.74) is 4.50. The minimum Gasteiger partial charge on any atom is -0.461 e. The highest BCUT2D eigenvalue weighted by atomic mass is 16.6. The van der Waals surface area contributed by atoms with E-state index < -0.39 is 0 Å². The van der Waals surface area contributed by atoms with E-state index in [0.717, 1.165) is 35.4 Å². The number of aromatic amines is 1. The Labute approximate surface area is 125 Å². The zero-order valence-corrected chi connectivity index (χ0v) is 13.5. The minimum atomic E-state index is -0.307. The average molecular weight is 292 g/mol. The lowest BCUT2D eigenvalue weighted by Gasteiger charge is -2.30. The summed E-state index contributed by atoms with van der Waals surface area (Å²) in [7, 11) is 0. The first kappa shape index (κ1) is 15.6. The van der Waals surface area contributed by atoms with Crippen molar-refractivity contribution in [2.45, 2.75) is 47.5 Å². The number of carbonyl (C=O) groups is 1. The molecule has 0 fully saturated rings. The van der Waals surface area contributed by atoms with Crippen molar-refractivity contribution >= 4 is 11.7 Å². The van der Waals surface area contributed by atoms with Crippen molar-refractivity contribution in [1.29, 1.82) is 0 Å². The van der Waals surface area contributed by atoms with Gasteiger partial charge in [0.2, 0.25) is 0 Å². The second-order valence-corrected chi connectivity index (χ2v) is 6.17. The van der Waals surface area contributed by atoms with Gasteiger partial charge in [0.25, 0.3) is 0 Å². The molecule has 0 unspecified atom stereocenters. The number of oxime groups is 1. The molecule has 1 aromatic heterocycles. The van der Waals surface area contributed by atoms with Crippen molar-refractivity contribution in [3.63, 3.8) is 0 Å². The number of nitrogens with zero attached hydrogens (tertiary/aromatic N) is 1. The van der Waals surface area contributed by atoms with Crippen LogP contribution >= 0.6 is 0 Å². The molecule has 0 aromatic carbocycles. The van der Waals surface area contributed by atoms with Gasteiger partial charge in [-0.05, 0) is 44.6 Å². The second kappa shape index (κ2) is 5.92. The van der Waals surface area contributed by atoms with E-state index >= 15 is 0 Å². The third kappa shape index (κ3) is 3.12. The highest BCUT2D eigenvalue weighted by Gasteiger charge is 2.34. The van der Waals surface area contributed by atoms with Crippen LogP contribution in [0.15, 0.2) is 5.16 Å². The average Bonchev–Trinajstić information content (AvgIpc) is 2.72. The van der Waals surface area contributed by atoms with Crippen molar-refractivity contribution in [3.8, 4) is 0 Å². The van der Waals surface area contributed by atoms with E-state index in [9.17, 15) is 4.79 Å². The number of rotatable bonds is 4. The van der Waals surface area contributed by atoms with Gasteiger partial charge >= 0.3 is 5.97 Å². The van der Waals surface area contributed by atoms with Crippen LogP contribution in [0, 0.1) is 12.3 Å². The van der Waals surface area contributed by atoms with Crippen molar-refractivity contribution in [3.05, 3.63) is 22.5 Å². The highest BCUT2D eigenvalue weighted by Crippen LogP contribution is 2.37. The zero-order valence-electron chi connectivity index (χ0n) is 13.5. The van der Waals surface area contributed by atoms with Crippen LogP contribution in [-0.4, -0.2) is 29.9 Å². The van der Waals surface area contributed by atoms with Crippen LogP contribution in [0.4, 0.5) is 0 Å². The number of hydrogen-bond acceptors (Lipinski definition) is 4. The Bertz CT molecular complexity index is 570. The molecule has 0 saturated carbocycles. The summed E-state index contributed by atoms with van der Waals surface area (Å²) in [4.78, 5) is 20.5. The Morgan fingerprint density at radius 1 is 1.29 bits per heavy atom. The summed E-state index contributed by atoms with van der Waals surface area (Å²) in [6.07, 6.45) is 1.72. The molecule has 1 N–H and O–H groups in total. The highest BCUT2D eigenvalue weighted by molar-refractivity contribution is 6.06. The fraction of sp³-hybridized carbons (Fsp3) is 0.625. The van der Waals surface area contributed by atoms with Crippen LogP contribution in [0.3, 0.4) is 0 Å². The molecule has 5 heteroatoms. The van der Waals surface area contributed by atoms with Gasteiger partial charge in [-0.25, -0.2) is 4.79 Å². The molecule has 0 spiro atoms. The molecule has 1 aromatic rings. The number of H-pyrrole nitrogens is 1. The summed E-state index contributed by atoms with van der Waals surface area (Å²) in [5, 5.41) is 4.26. The fourth-order valence-electron chi connectivity index (χ4n) is 2.89. The maximum Gasteiger partial charge on any atom is 0.355 e. The molecule has 2 rings (SSSR count). The first-order valence-corrected chi connectivity index (χ1v) is 7.47. The van der Waals surface area contributed by atoms with Gasteiger partial charge in [0.05, 0.1) is 12.3 Å². The molecular formula is C16H24N2O3. The van der Waals surface area contributed by atoms with Gasteiger partial charge in [0.1, 0.15) is 12.3 Å². The Morgan fingerprint density at radius 2 is 2.00 bits per heavy atom. The summed E-state index contributed by atoms with van der Waals surface area (Å²) in [5.74, 6) is -0.307. The lowest BCUT2D eigenvalue weighted by atomic mass is 9.75. The van der Waals surface area contributed by atoms with E-state index in [0.29, 0.717) is 18.9 Å². The molecule has 116 valence electrons. The van der Waals surface area contributed by atoms with Gasteiger partial charge in [-0.1, -0.05) is 19.0 Å². The summed E-state index contributed by atoms with van der Waals surface area (Å²) < 4.78 is 5.11. The predicted octanol–water partition coefficient (Wildman–Crippen LogP) is 3.21. The van der Waals surface area contributed by atoms with Crippen molar-refractivity contribution in [2.24, 2.45) is 10.6 Å². The van der Waals surface area contributed by atoms with Crippen LogP contribution in [0.25, 0.3) is 0 Å². The largest absolute Gasteiger partial charge is 0.461 e. The lowest BCUT2D eigenvalue weighted by molar-refractivity contribution is 0.0519. The molecule has 1 heterocycles. The maximum atomic E-state index is 12.0. The van der Waals surface area contributed by atoms with E-state index in [1.807, 2.05) is 13.8 Å². The smallest absolute Gasteiger partial charge is 0.355 e. The molecule has 5 nitrogen and oxygen atoms in total. The molecule has 21 heavy (non-hydrogen) atoms. The SMILES string of the molecule is CCO/N=C1\CC(C)(C)Cc2[nH]c(C(=O)OCC)c(C)c21. The Hall–Kier alpha value is -1.78. The van der Waals surface area contributed by atoms with Crippen LogP contribution < -0.4 is 0 Å². The number of ether oxygens (including phenoxy) is 1. The molecule has 1 aliphatic carbocycles. The Morgan fingerprint density at radius 3 is 2.62 bits per heavy atom. The number of carbonyl (C=O) groups excluding carboxylic acids is 1. The van der Waals surface area contributed by atoms with Gasteiger partial charge in [-0.2, -0.15) is 0 Å². The summed E-state index contributed by atoms with van der Waals surface area (Å²) in [6.45, 7) is 10.9. The molecule has 0 amide bonds. The number of fused-ring (bicyclic) bond motifs is 1. The molecule has 1 aliphatic rings. The van der Waals surface area contributed by atoms with Crippen LogP contribution in [0.1, 0.15) is 61.4 Å². The Balaban J connectivity index is 2.48. The third-order valence-corrected chi connectivity index (χ3v) is 3.70. The van der Waals surface area contributed by atoms with Crippen molar-refractivity contribution in [2.75, 3.05) is 13.2 Å². The quantitative estimate of drug-likeness (QED) is 0.684. The Kier molecular flexibility index (Phi) is 4.40. The van der Waals surface area contributed by atoms with Gasteiger partial charge in [0, 0.05) is 11.3 Å². The first-order chi connectivity index (χ1) is 9.89. The van der Waals surface area contributed by atoms with E-state index in [4.69, 9.17) is 9.57 Å². The van der Waals surface area contributed by atoms with E-state index in [-0.39, 0.29) is 11.4 Å². The van der Waals surface area contributed by atoms with Crippen molar-refractivity contribution in [1.82, 2.24) is 4.98 Å². The van der Waals surface area contributed by atoms with Gasteiger partial charge in [-0.3, -0.25) is 0 Å². The normalized spacial score (nSPS) is 18.4. The second-order valence-electron chi connectivity index (χ2n) is 6.17. The summed E-state index contributed by atoms with van der Waals surface area (Å²) >= 11 is 0. The van der Waals surface area contributed by atoms with Gasteiger partial charge in [0.15, 0.2) is 0 Å². The van der Waals surface area contributed by atoms with Crippen molar-refractivity contribution < 1.29 is 14.4 Å². The molecule has 0 atom stereocenters. The minimum absolute atomic E-state index is 0.0894. The van der Waals surface area contributed by atoms with E-state index in [2.05, 4.69) is 24.0 Å². The fourth-order valence-corrected chi connectivity index (χ4v) is 2.89. The van der Waals surface area contributed by atoms with E-state index in [1.54, 1.807) is 6.92 Å². The molecule has 0 radical (unpaired) electrons. The van der Waals surface area contributed by atoms with Crippen LogP contribution in [0.5, 0.6) is 0 Å². The van der Waals surface area contributed by atoms with Gasteiger partial charge < -0.3 is 14.6 Å². The summed E-state index contributed by atoms with van der Waals surface area (Å²) in [6, 6.07) is 0. The lowest BCUT2D eigenvalue weighted by Crippen LogP contribution is -2.27. The number of nitrogens with one attached hydrogen (secondary N) is 1. The third-order valence-electron chi connectivity index (χ3n) is 3.70.